The van der Waals surface area contributed by atoms with E-state index in [0.29, 0.717) is 18.2 Å². The normalized spacial score (nSPS) is 23.8. The molecule has 19 heavy (non-hydrogen) atoms. The van der Waals surface area contributed by atoms with Gasteiger partial charge < -0.3 is 15.0 Å². The van der Waals surface area contributed by atoms with Crippen molar-refractivity contribution in [3.8, 4) is 0 Å². The van der Waals surface area contributed by atoms with Gasteiger partial charge in [0.2, 0.25) is 0 Å². The highest BCUT2D eigenvalue weighted by atomic mass is 16.5. The van der Waals surface area contributed by atoms with Crippen molar-refractivity contribution in [3.63, 3.8) is 0 Å². The molecule has 1 fully saturated rings. The summed E-state index contributed by atoms with van der Waals surface area (Å²) in [7, 11) is 4.14. The summed E-state index contributed by atoms with van der Waals surface area (Å²) in [5, 5.41) is 3.68. The van der Waals surface area contributed by atoms with Crippen LogP contribution in [0.3, 0.4) is 0 Å². The molecule has 0 radical (unpaired) electrons. The van der Waals surface area contributed by atoms with E-state index >= 15 is 0 Å². The van der Waals surface area contributed by atoms with Gasteiger partial charge >= 0.3 is 0 Å². The van der Waals surface area contributed by atoms with Gasteiger partial charge in [-0.1, -0.05) is 12.1 Å². The Bertz CT molecular complexity index is 382. The standard InChI is InChI=1S/C16H26N2O/c1-5-19-16-10-14(11-16)17-12(2)13-6-8-15(9-7-13)18(3)4/h6-9,12,14,16-17H,5,10-11H2,1-4H3. The molecule has 1 aromatic rings. The number of nitrogens with zero attached hydrogens (tertiary/aromatic N) is 1. The molecule has 1 atom stereocenters. The van der Waals surface area contributed by atoms with Gasteiger partial charge in [-0.05, 0) is 44.4 Å². The second kappa shape index (κ2) is 6.40. The molecule has 1 N–H and O–H groups in total. The molecule has 0 aliphatic heterocycles. The molecule has 1 aromatic carbocycles. The van der Waals surface area contributed by atoms with Crippen LogP contribution >= 0.6 is 0 Å². The molecule has 0 saturated heterocycles. The highest BCUT2D eigenvalue weighted by Crippen LogP contribution is 2.26. The molecule has 0 bridgehead atoms. The first-order chi connectivity index (χ1) is 9.10. The van der Waals surface area contributed by atoms with E-state index in [4.69, 9.17) is 4.74 Å². The fraction of sp³-hybridized carbons (Fsp3) is 0.625. The largest absolute Gasteiger partial charge is 0.378 e. The van der Waals surface area contributed by atoms with Crippen LogP contribution in [0.25, 0.3) is 0 Å². The zero-order valence-corrected chi connectivity index (χ0v) is 12.5. The van der Waals surface area contributed by atoms with Crippen LogP contribution in [-0.4, -0.2) is 32.8 Å². The van der Waals surface area contributed by atoms with Gasteiger partial charge in [0, 0.05) is 38.5 Å². The molecule has 1 aliphatic carbocycles. The van der Waals surface area contributed by atoms with Gasteiger partial charge in [0.15, 0.2) is 0 Å². The molecular formula is C16H26N2O. The number of nitrogens with one attached hydrogen (secondary N) is 1. The lowest BCUT2D eigenvalue weighted by Crippen LogP contribution is -2.46. The quantitative estimate of drug-likeness (QED) is 0.853. The van der Waals surface area contributed by atoms with Crippen LogP contribution in [-0.2, 0) is 4.74 Å². The molecule has 106 valence electrons. The second-order valence-corrected chi connectivity index (χ2v) is 5.62. The Balaban J connectivity index is 1.82. The Kier molecular flexibility index (Phi) is 4.83. The monoisotopic (exact) mass is 262 g/mol. The van der Waals surface area contributed by atoms with Crippen molar-refractivity contribution in [3.05, 3.63) is 29.8 Å². The van der Waals surface area contributed by atoms with Crippen LogP contribution in [0, 0.1) is 0 Å². The Hall–Kier alpha value is -1.06. The lowest BCUT2D eigenvalue weighted by atomic mass is 9.88. The molecule has 0 spiro atoms. The van der Waals surface area contributed by atoms with E-state index < -0.39 is 0 Å². The van der Waals surface area contributed by atoms with Crippen molar-refractivity contribution in [2.75, 3.05) is 25.6 Å². The summed E-state index contributed by atoms with van der Waals surface area (Å²) in [6, 6.07) is 9.80. The first-order valence-corrected chi connectivity index (χ1v) is 7.25. The Labute approximate surface area is 116 Å². The maximum atomic E-state index is 5.59. The molecular weight excluding hydrogens is 236 g/mol. The minimum Gasteiger partial charge on any atom is -0.378 e. The van der Waals surface area contributed by atoms with E-state index in [1.807, 2.05) is 0 Å². The Morgan fingerprint density at radius 1 is 1.26 bits per heavy atom. The third-order valence-corrected chi connectivity index (χ3v) is 3.89. The van der Waals surface area contributed by atoms with Crippen molar-refractivity contribution in [1.29, 1.82) is 0 Å². The van der Waals surface area contributed by atoms with Crippen LogP contribution in [0.2, 0.25) is 0 Å². The zero-order valence-electron chi connectivity index (χ0n) is 12.5. The summed E-state index contributed by atoms with van der Waals surface area (Å²) in [5.74, 6) is 0. The van der Waals surface area contributed by atoms with Crippen LogP contribution in [0.1, 0.15) is 38.3 Å². The molecule has 1 unspecified atom stereocenters. The Morgan fingerprint density at radius 2 is 1.89 bits per heavy atom. The predicted octanol–water partition coefficient (Wildman–Crippen LogP) is 2.97. The van der Waals surface area contributed by atoms with Gasteiger partial charge in [0.25, 0.3) is 0 Å². The van der Waals surface area contributed by atoms with Crippen LogP contribution in [0.15, 0.2) is 24.3 Å². The van der Waals surface area contributed by atoms with Crippen molar-refractivity contribution >= 4 is 5.69 Å². The van der Waals surface area contributed by atoms with E-state index in [-0.39, 0.29) is 0 Å². The van der Waals surface area contributed by atoms with Gasteiger partial charge in [-0.15, -0.1) is 0 Å². The highest BCUT2D eigenvalue weighted by molar-refractivity contribution is 5.46. The topological polar surface area (TPSA) is 24.5 Å². The maximum absolute atomic E-state index is 5.59. The molecule has 0 aromatic heterocycles. The molecule has 0 amide bonds. The molecule has 1 aliphatic rings. The fourth-order valence-corrected chi connectivity index (χ4v) is 2.58. The van der Waals surface area contributed by atoms with Crippen LogP contribution in [0.4, 0.5) is 5.69 Å². The third kappa shape index (κ3) is 3.71. The molecule has 2 rings (SSSR count). The van der Waals surface area contributed by atoms with Crippen molar-refractivity contribution in [1.82, 2.24) is 5.32 Å². The smallest absolute Gasteiger partial charge is 0.0604 e. The molecule has 0 heterocycles. The minimum atomic E-state index is 0.406. The molecule has 3 heteroatoms. The maximum Gasteiger partial charge on any atom is 0.0604 e. The van der Waals surface area contributed by atoms with E-state index in [1.54, 1.807) is 0 Å². The highest BCUT2D eigenvalue weighted by Gasteiger charge is 2.30. The zero-order chi connectivity index (χ0) is 13.8. The van der Waals surface area contributed by atoms with Crippen molar-refractivity contribution in [2.24, 2.45) is 0 Å². The Morgan fingerprint density at radius 3 is 2.42 bits per heavy atom. The van der Waals surface area contributed by atoms with Crippen molar-refractivity contribution in [2.45, 2.75) is 44.9 Å². The number of benzene rings is 1. The number of hydrogen-bond donors (Lipinski definition) is 1. The van der Waals surface area contributed by atoms with E-state index in [0.717, 1.165) is 19.4 Å². The van der Waals surface area contributed by atoms with Crippen LogP contribution in [0.5, 0.6) is 0 Å². The third-order valence-electron chi connectivity index (χ3n) is 3.89. The lowest BCUT2D eigenvalue weighted by Gasteiger charge is -2.37. The average Bonchev–Trinajstić information content (AvgIpc) is 2.36. The summed E-state index contributed by atoms with van der Waals surface area (Å²) in [4.78, 5) is 2.13. The van der Waals surface area contributed by atoms with Crippen molar-refractivity contribution < 1.29 is 4.74 Å². The van der Waals surface area contributed by atoms with E-state index in [2.05, 4.69) is 62.4 Å². The van der Waals surface area contributed by atoms with Gasteiger partial charge in [-0.3, -0.25) is 0 Å². The number of ether oxygens (including phenoxy) is 1. The molecule has 3 nitrogen and oxygen atoms in total. The number of anilines is 1. The summed E-state index contributed by atoms with van der Waals surface area (Å²) in [6.07, 6.45) is 2.77. The first-order valence-electron chi connectivity index (χ1n) is 7.25. The summed E-state index contributed by atoms with van der Waals surface area (Å²) in [6.45, 7) is 5.13. The first kappa shape index (κ1) is 14.4. The van der Waals surface area contributed by atoms with Crippen LogP contribution < -0.4 is 10.2 Å². The van der Waals surface area contributed by atoms with Gasteiger partial charge in [-0.2, -0.15) is 0 Å². The minimum absolute atomic E-state index is 0.406. The summed E-state index contributed by atoms with van der Waals surface area (Å²) in [5.41, 5.74) is 2.60. The summed E-state index contributed by atoms with van der Waals surface area (Å²) >= 11 is 0. The van der Waals surface area contributed by atoms with Gasteiger partial charge in [0.05, 0.1) is 6.10 Å². The average molecular weight is 262 g/mol. The van der Waals surface area contributed by atoms with E-state index in [1.165, 1.54) is 11.3 Å². The number of rotatable bonds is 6. The van der Waals surface area contributed by atoms with Gasteiger partial charge in [0.1, 0.15) is 0 Å². The van der Waals surface area contributed by atoms with Gasteiger partial charge in [-0.25, -0.2) is 0 Å². The lowest BCUT2D eigenvalue weighted by molar-refractivity contribution is -0.0120. The summed E-state index contributed by atoms with van der Waals surface area (Å²) < 4.78 is 5.59. The number of hydrogen-bond acceptors (Lipinski definition) is 3. The second-order valence-electron chi connectivity index (χ2n) is 5.62. The molecule has 1 saturated carbocycles. The predicted molar refractivity (Wildman–Crippen MR) is 80.8 cm³/mol. The van der Waals surface area contributed by atoms with E-state index in [9.17, 15) is 0 Å². The SMILES string of the molecule is CCOC1CC(NC(C)c2ccc(N(C)C)cc2)C1. The fourth-order valence-electron chi connectivity index (χ4n) is 2.58.